The fourth-order valence-corrected chi connectivity index (χ4v) is 10.3. The molecule has 0 aliphatic rings. The van der Waals surface area contributed by atoms with Gasteiger partial charge in [0.15, 0.2) is 0 Å². The molecule has 7 aromatic carbocycles. The summed E-state index contributed by atoms with van der Waals surface area (Å²) in [6.45, 7) is 0. The van der Waals surface area contributed by atoms with E-state index in [1.165, 1.54) is 86.0 Å². The fourth-order valence-electron chi connectivity index (χ4n) is 8.94. The molecule has 256 valence electrons. The first kappa shape index (κ1) is 30.4. The van der Waals surface area contributed by atoms with Crippen molar-refractivity contribution in [3.63, 3.8) is 0 Å². The molecule has 55 heavy (non-hydrogen) atoms. The molecule has 0 radical (unpaired) electrons. The second-order valence-corrected chi connectivity index (χ2v) is 15.2. The maximum absolute atomic E-state index is 4.60. The van der Waals surface area contributed by atoms with Crippen molar-refractivity contribution in [2.75, 3.05) is 0 Å². The van der Waals surface area contributed by atoms with Gasteiger partial charge in [0.2, 0.25) is 0 Å². The molecule has 0 saturated heterocycles. The lowest BCUT2D eigenvalue weighted by Gasteiger charge is -2.10. The summed E-state index contributed by atoms with van der Waals surface area (Å²) in [4.78, 5) is 11.7. The number of thiophene rings is 1. The van der Waals surface area contributed by atoms with E-state index in [4.69, 9.17) is 0 Å². The molecule has 0 bridgehead atoms. The quantitative estimate of drug-likeness (QED) is 0.170. The predicted molar refractivity (Wildman–Crippen MR) is 232 cm³/mol. The molecule has 0 aliphatic carbocycles. The van der Waals surface area contributed by atoms with Gasteiger partial charge in [-0.3, -0.25) is 9.97 Å². The van der Waals surface area contributed by atoms with Crippen LogP contribution in [-0.4, -0.2) is 19.1 Å². The number of aromatic nitrogens is 4. The Bertz CT molecular complexity index is 3250. The summed E-state index contributed by atoms with van der Waals surface area (Å²) < 4.78 is 4.77. The molecule has 12 aromatic rings. The number of fused-ring (bicyclic) bond motifs is 12. The molecular weight excluding hydrogens is 689 g/mol. The predicted octanol–water partition coefficient (Wildman–Crippen LogP) is 13.5. The van der Waals surface area contributed by atoms with Crippen molar-refractivity contribution in [3.8, 4) is 32.3 Å². The van der Waals surface area contributed by atoms with E-state index in [1.54, 1.807) is 0 Å². The highest BCUT2D eigenvalue weighted by Gasteiger charge is 2.23. The molecule has 0 fully saturated rings. The molecule has 12 rings (SSSR count). The molecule has 0 spiro atoms. The SMILES string of the molecule is c1ccc(-n2c3ccccc3c3cc(-c4sc(-c5ccc6c(c5)c5ccccc5n6-c5ccccc5)c5c6ccncc6c6cnccc6c45)ccc32)cc1. The standard InChI is InChI=1S/C50H30N4S/c1-3-11-33(12-4-1)53-43-17-9-7-15-35(43)39-27-31(19-21-45(39)53)49-47-37-23-25-51-29-41(37)42-30-52-26-24-38(42)48(47)50(55-49)32-20-22-46-40(28-32)36-16-8-10-18-44(36)54(46)34-13-5-2-6-14-34/h1-30H. The molecule has 5 aromatic heterocycles. The van der Waals surface area contributed by atoms with E-state index >= 15 is 0 Å². The lowest BCUT2D eigenvalue weighted by atomic mass is 9.94. The maximum atomic E-state index is 4.60. The minimum Gasteiger partial charge on any atom is -0.309 e. The Hall–Kier alpha value is -7.08. The average molecular weight is 719 g/mol. The van der Waals surface area contributed by atoms with Crippen molar-refractivity contribution in [2.45, 2.75) is 0 Å². The maximum Gasteiger partial charge on any atom is 0.0541 e. The van der Waals surface area contributed by atoms with Crippen molar-refractivity contribution < 1.29 is 0 Å². The van der Waals surface area contributed by atoms with E-state index in [-0.39, 0.29) is 0 Å². The molecule has 4 nitrogen and oxygen atoms in total. The second kappa shape index (κ2) is 11.7. The van der Waals surface area contributed by atoms with Gasteiger partial charge in [-0.05, 0) is 94.7 Å². The minimum absolute atomic E-state index is 1.12. The Kier molecular flexibility index (Phi) is 6.47. The minimum atomic E-state index is 1.12. The summed E-state index contributed by atoms with van der Waals surface area (Å²) in [5.74, 6) is 0. The number of nitrogens with zero attached hydrogens (tertiary/aromatic N) is 4. The van der Waals surface area contributed by atoms with Crippen LogP contribution in [0.15, 0.2) is 183 Å². The molecule has 0 atom stereocenters. The first-order valence-electron chi connectivity index (χ1n) is 18.6. The molecule has 0 N–H and O–H groups in total. The first-order valence-corrected chi connectivity index (χ1v) is 19.4. The van der Waals surface area contributed by atoms with Crippen LogP contribution in [0.5, 0.6) is 0 Å². The van der Waals surface area contributed by atoms with Gasteiger partial charge in [-0.2, -0.15) is 0 Å². The first-order chi connectivity index (χ1) is 27.3. The van der Waals surface area contributed by atoms with Crippen molar-refractivity contribution in [1.29, 1.82) is 0 Å². The summed E-state index contributed by atoms with van der Waals surface area (Å²) >= 11 is 1.89. The largest absolute Gasteiger partial charge is 0.309 e. The van der Waals surface area contributed by atoms with E-state index in [2.05, 4.69) is 177 Å². The zero-order chi connectivity index (χ0) is 36.0. The molecule has 5 heterocycles. The van der Waals surface area contributed by atoms with E-state index in [1.807, 2.05) is 36.1 Å². The summed E-state index contributed by atoms with van der Waals surface area (Å²) in [5, 5.41) is 12.1. The Morgan fingerprint density at radius 1 is 0.345 bits per heavy atom. The van der Waals surface area contributed by atoms with E-state index < -0.39 is 0 Å². The number of pyridine rings is 2. The van der Waals surface area contributed by atoms with Crippen molar-refractivity contribution >= 4 is 87.3 Å². The van der Waals surface area contributed by atoms with Crippen LogP contribution in [0.25, 0.3) is 108 Å². The van der Waals surface area contributed by atoms with Crippen LogP contribution < -0.4 is 0 Å². The van der Waals surface area contributed by atoms with Gasteiger partial charge in [-0.1, -0.05) is 84.9 Å². The van der Waals surface area contributed by atoms with Gasteiger partial charge in [0, 0.05) is 89.0 Å². The van der Waals surface area contributed by atoms with Gasteiger partial charge < -0.3 is 9.13 Å². The van der Waals surface area contributed by atoms with Crippen LogP contribution in [0.4, 0.5) is 0 Å². The van der Waals surface area contributed by atoms with E-state index in [0.29, 0.717) is 0 Å². The Morgan fingerprint density at radius 2 is 0.764 bits per heavy atom. The van der Waals surface area contributed by atoms with Crippen LogP contribution in [0, 0.1) is 0 Å². The van der Waals surface area contributed by atoms with Gasteiger partial charge >= 0.3 is 0 Å². The third kappa shape index (κ3) is 4.39. The second-order valence-electron chi connectivity index (χ2n) is 14.2. The zero-order valence-electron chi connectivity index (χ0n) is 29.5. The molecule has 0 amide bonds. The van der Waals surface area contributed by atoms with Crippen LogP contribution in [0.3, 0.4) is 0 Å². The lowest BCUT2D eigenvalue weighted by Crippen LogP contribution is -1.92. The summed E-state index contributed by atoms with van der Waals surface area (Å²) in [6, 6.07) is 57.3. The zero-order valence-corrected chi connectivity index (χ0v) is 30.3. The van der Waals surface area contributed by atoms with Crippen molar-refractivity contribution in [1.82, 2.24) is 19.1 Å². The van der Waals surface area contributed by atoms with Crippen LogP contribution in [0.1, 0.15) is 0 Å². The fraction of sp³-hybridized carbons (Fsp3) is 0. The van der Waals surface area contributed by atoms with Gasteiger partial charge in [-0.25, -0.2) is 0 Å². The average Bonchev–Trinajstić information content (AvgIpc) is 3.93. The van der Waals surface area contributed by atoms with Crippen molar-refractivity contribution in [3.05, 3.63) is 183 Å². The highest BCUT2D eigenvalue weighted by Crippen LogP contribution is 2.51. The monoisotopic (exact) mass is 718 g/mol. The Morgan fingerprint density at radius 3 is 1.24 bits per heavy atom. The highest BCUT2D eigenvalue weighted by atomic mass is 32.1. The summed E-state index contributed by atoms with van der Waals surface area (Å²) in [6.07, 6.45) is 7.85. The number of rotatable bonds is 4. The topological polar surface area (TPSA) is 35.6 Å². The number of hydrogen-bond acceptors (Lipinski definition) is 3. The smallest absolute Gasteiger partial charge is 0.0541 e. The number of hydrogen-bond donors (Lipinski definition) is 0. The van der Waals surface area contributed by atoms with Crippen LogP contribution in [-0.2, 0) is 0 Å². The van der Waals surface area contributed by atoms with Crippen LogP contribution in [0.2, 0.25) is 0 Å². The number of para-hydroxylation sites is 4. The molecule has 0 unspecified atom stereocenters. The van der Waals surface area contributed by atoms with Gasteiger partial charge in [0.1, 0.15) is 0 Å². The highest BCUT2D eigenvalue weighted by molar-refractivity contribution is 7.21. The van der Waals surface area contributed by atoms with Crippen molar-refractivity contribution in [2.24, 2.45) is 0 Å². The van der Waals surface area contributed by atoms with E-state index in [0.717, 1.165) is 22.1 Å². The summed E-state index contributed by atoms with van der Waals surface area (Å²) in [7, 11) is 0. The Labute approximate surface area is 319 Å². The van der Waals surface area contributed by atoms with E-state index in [9.17, 15) is 0 Å². The number of benzene rings is 7. The van der Waals surface area contributed by atoms with Gasteiger partial charge in [-0.15, -0.1) is 11.3 Å². The third-order valence-corrected chi connectivity index (χ3v) is 12.6. The van der Waals surface area contributed by atoms with Gasteiger partial charge in [0.25, 0.3) is 0 Å². The molecule has 0 aliphatic heterocycles. The Balaban J connectivity index is 1.18. The lowest BCUT2D eigenvalue weighted by molar-refractivity contribution is 1.18. The van der Waals surface area contributed by atoms with Gasteiger partial charge in [0.05, 0.1) is 22.1 Å². The third-order valence-electron chi connectivity index (χ3n) is 11.3. The molecule has 0 saturated carbocycles. The molecule has 5 heteroatoms. The molecular formula is C50H30N4S. The van der Waals surface area contributed by atoms with Crippen LogP contribution >= 0.6 is 11.3 Å². The summed E-state index contributed by atoms with van der Waals surface area (Å²) in [5.41, 5.74) is 9.54. The normalized spacial score (nSPS) is 12.0.